The molecule has 2 rings (SSSR count). The van der Waals surface area contributed by atoms with E-state index in [4.69, 9.17) is 0 Å². The standard InChI is InChI=1S/C16H30N4/c1-5-18-16(4,12-17)9-13(2)20-11-15-7-6-8-19(15)10-14(20)3/h13-15,18H,5-11H2,1-4H3. The summed E-state index contributed by atoms with van der Waals surface area (Å²) < 4.78 is 0. The van der Waals surface area contributed by atoms with Crippen molar-refractivity contribution in [3.63, 3.8) is 0 Å². The summed E-state index contributed by atoms with van der Waals surface area (Å²) in [5, 5.41) is 12.8. The van der Waals surface area contributed by atoms with Gasteiger partial charge in [0.25, 0.3) is 0 Å². The topological polar surface area (TPSA) is 42.3 Å². The van der Waals surface area contributed by atoms with Crippen LogP contribution >= 0.6 is 0 Å². The van der Waals surface area contributed by atoms with Crippen LogP contribution in [-0.2, 0) is 0 Å². The Bertz CT molecular complexity index is 364. The Morgan fingerprint density at radius 3 is 2.85 bits per heavy atom. The summed E-state index contributed by atoms with van der Waals surface area (Å²) in [6, 6.07) is 4.27. The number of hydrogen-bond donors (Lipinski definition) is 1. The first kappa shape index (κ1) is 15.8. The van der Waals surface area contributed by atoms with Crippen molar-refractivity contribution < 1.29 is 0 Å². The fourth-order valence-corrected chi connectivity index (χ4v) is 4.08. The molecule has 0 aromatic heterocycles. The lowest BCUT2D eigenvalue weighted by Gasteiger charge is -2.46. The maximum Gasteiger partial charge on any atom is 0.105 e. The van der Waals surface area contributed by atoms with Crippen LogP contribution in [0.3, 0.4) is 0 Å². The lowest BCUT2D eigenvalue weighted by Crippen LogP contribution is -2.59. The number of piperazine rings is 1. The van der Waals surface area contributed by atoms with E-state index in [0.29, 0.717) is 12.1 Å². The summed E-state index contributed by atoms with van der Waals surface area (Å²) in [6.07, 6.45) is 3.60. The average Bonchev–Trinajstić information content (AvgIpc) is 2.84. The lowest BCUT2D eigenvalue weighted by molar-refractivity contribution is 0.0255. The third-order valence-corrected chi connectivity index (χ3v) is 5.07. The Morgan fingerprint density at radius 1 is 1.45 bits per heavy atom. The molecule has 2 aliphatic heterocycles. The van der Waals surface area contributed by atoms with Crippen LogP contribution in [0.25, 0.3) is 0 Å². The summed E-state index contributed by atoms with van der Waals surface area (Å²) in [6.45, 7) is 13.2. The predicted octanol–water partition coefficient (Wildman–Crippen LogP) is 1.83. The van der Waals surface area contributed by atoms with Crippen LogP contribution in [0.5, 0.6) is 0 Å². The predicted molar refractivity (Wildman–Crippen MR) is 82.5 cm³/mol. The van der Waals surface area contributed by atoms with Gasteiger partial charge in [0.15, 0.2) is 0 Å². The molecule has 4 heteroatoms. The van der Waals surface area contributed by atoms with Gasteiger partial charge in [-0.25, -0.2) is 0 Å². The second-order valence-electron chi connectivity index (χ2n) is 6.86. The number of rotatable bonds is 5. The molecule has 0 spiro atoms. The highest BCUT2D eigenvalue weighted by atomic mass is 15.3. The number of nitrogens with one attached hydrogen (secondary N) is 1. The van der Waals surface area contributed by atoms with Crippen molar-refractivity contribution in [2.24, 2.45) is 0 Å². The van der Waals surface area contributed by atoms with Crippen molar-refractivity contribution in [1.29, 1.82) is 5.26 Å². The highest BCUT2D eigenvalue weighted by molar-refractivity contribution is 5.06. The van der Waals surface area contributed by atoms with Crippen molar-refractivity contribution in [3.05, 3.63) is 0 Å². The monoisotopic (exact) mass is 278 g/mol. The van der Waals surface area contributed by atoms with Gasteiger partial charge in [0.2, 0.25) is 0 Å². The van der Waals surface area contributed by atoms with Crippen LogP contribution < -0.4 is 5.32 Å². The summed E-state index contributed by atoms with van der Waals surface area (Å²) in [5.41, 5.74) is -0.402. The number of hydrogen-bond acceptors (Lipinski definition) is 4. The number of nitrogens with zero attached hydrogens (tertiary/aromatic N) is 3. The molecule has 4 atom stereocenters. The fourth-order valence-electron chi connectivity index (χ4n) is 4.08. The van der Waals surface area contributed by atoms with E-state index in [-0.39, 0.29) is 0 Å². The quantitative estimate of drug-likeness (QED) is 0.833. The van der Waals surface area contributed by atoms with E-state index in [0.717, 1.165) is 19.0 Å². The van der Waals surface area contributed by atoms with E-state index >= 15 is 0 Å². The van der Waals surface area contributed by atoms with Crippen LogP contribution in [0, 0.1) is 11.3 Å². The molecule has 0 radical (unpaired) electrons. The Balaban J connectivity index is 1.97. The fraction of sp³-hybridized carbons (Fsp3) is 0.938. The van der Waals surface area contributed by atoms with Crippen LogP contribution in [0.1, 0.15) is 47.0 Å². The second kappa shape index (κ2) is 6.43. The van der Waals surface area contributed by atoms with Gasteiger partial charge in [-0.3, -0.25) is 15.1 Å². The first-order valence-corrected chi connectivity index (χ1v) is 8.15. The molecular formula is C16H30N4. The van der Waals surface area contributed by atoms with Crippen molar-refractivity contribution in [2.45, 2.75) is 70.6 Å². The molecule has 4 unspecified atom stereocenters. The molecule has 0 aromatic carbocycles. The average molecular weight is 278 g/mol. The Kier molecular flexibility index (Phi) is 5.06. The number of nitriles is 1. The zero-order valence-corrected chi connectivity index (χ0v) is 13.5. The Morgan fingerprint density at radius 2 is 2.20 bits per heavy atom. The summed E-state index contributed by atoms with van der Waals surface area (Å²) in [4.78, 5) is 5.28. The first-order valence-electron chi connectivity index (χ1n) is 8.15. The van der Waals surface area contributed by atoms with Crippen LogP contribution in [0.2, 0.25) is 0 Å². The molecule has 114 valence electrons. The molecule has 0 aliphatic carbocycles. The van der Waals surface area contributed by atoms with E-state index < -0.39 is 5.54 Å². The third-order valence-electron chi connectivity index (χ3n) is 5.07. The highest BCUT2D eigenvalue weighted by Gasteiger charge is 2.38. The van der Waals surface area contributed by atoms with Gasteiger partial charge in [-0.15, -0.1) is 0 Å². The normalized spacial score (nSPS) is 32.4. The van der Waals surface area contributed by atoms with Crippen molar-refractivity contribution in [3.8, 4) is 6.07 Å². The van der Waals surface area contributed by atoms with Crippen LogP contribution in [-0.4, -0.2) is 59.6 Å². The molecule has 2 heterocycles. The van der Waals surface area contributed by atoms with E-state index in [1.54, 1.807) is 0 Å². The van der Waals surface area contributed by atoms with Gasteiger partial charge >= 0.3 is 0 Å². The molecule has 0 aromatic rings. The van der Waals surface area contributed by atoms with Gasteiger partial charge in [0, 0.05) is 31.2 Å². The lowest BCUT2D eigenvalue weighted by atomic mass is 9.92. The van der Waals surface area contributed by atoms with Crippen LogP contribution in [0.15, 0.2) is 0 Å². The van der Waals surface area contributed by atoms with Gasteiger partial charge in [0.1, 0.15) is 5.54 Å². The summed E-state index contributed by atoms with van der Waals surface area (Å²) >= 11 is 0. The highest BCUT2D eigenvalue weighted by Crippen LogP contribution is 2.28. The second-order valence-corrected chi connectivity index (χ2v) is 6.86. The third kappa shape index (κ3) is 3.33. The van der Waals surface area contributed by atoms with Gasteiger partial charge in [0.05, 0.1) is 6.07 Å². The molecule has 2 aliphatic rings. The maximum atomic E-state index is 9.44. The molecule has 0 amide bonds. The van der Waals surface area contributed by atoms with Crippen molar-refractivity contribution in [1.82, 2.24) is 15.1 Å². The molecule has 0 saturated carbocycles. The van der Waals surface area contributed by atoms with E-state index in [2.05, 4.69) is 42.0 Å². The largest absolute Gasteiger partial charge is 0.300 e. The van der Waals surface area contributed by atoms with Crippen LogP contribution in [0.4, 0.5) is 0 Å². The number of fused-ring (bicyclic) bond motifs is 1. The maximum absolute atomic E-state index is 9.44. The molecular weight excluding hydrogens is 248 g/mol. The first-order chi connectivity index (χ1) is 9.49. The zero-order chi connectivity index (χ0) is 14.8. The summed E-state index contributed by atoms with van der Waals surface area (Å²) in [5.74, 6) is 0. The van der Waals surface area contributed by atoms with E-state index in [1.165, 1.54) is 32.5 Å². The molecule has 1 N–H and O–H groups in total. The molecule has 0 bridgehead atoms. The Hall–Kier alpha value is -0.630. The van der Waals surface area contributed by atoms with Gasteiger partial charge in [-0.1, -0.05) is 6.92 Å². The van der Waals surface area contributed by atoms with Crippen molar-refractivity contribution in [2.75, 3.05) is 26.2 Å². The smallest absolute Gasteiger partial charge is 0.105 e. The Labute approximate surface area is 124 Å². The van der Waals surface area contributed by atoms with Crippen molar-refractivity contribution >= 4 is 0 Å². The SMILES string of the molecule is CCNC(C)(C#N)CC(C)N1CC2CCCN2CC1C. The van der Waals surface area contributed by atoms with Gasteiger partial charge in [-0.2, -0.15) is 5.26 Å². The molecule has 20 heavy (non-hydrogen) atoms. The zero-order valence-electron chi connectivity index (χ0n) is 13.5. The minimum absolute atomic E-state index is 0.402. The van der Waals surface area contributed by atoms with E-state index in [9.17, 15) is 5.26 Å². The summed E-state index contributed by atoms with van der Waals surface area (Å²) in [7, 11) is 0. The van der Waals surface area contributed by atoms with E-state index in [1.807, 2.05) is 6.92 Å². The molecule has 4 nitrogen and oxygen atoms in total. The molecule has 2 saturated heterocycles. The minimum Gasteiger partial charge on any atom is -0.300 e. The van der Waals surface area contributed by atoms with Gasteiger partial charge in [-0.05, 0) is 53.1 Å². The molecule has 2 fully saturated rings. The minimum atomic E-state index is -0.402. The van der Waals surface area contributed by atoms with Gasteiger partial charge < -0.3 is 0 Å².